The second-order valence-corrected chi connectivity index (χ2v) is 15.6. The van der Waals surface area contributed by atoms with Crippen molar-refractivity contribution in [1.29, 1.82) is 0 Å². The summed E-state index contributed by atoms with van der Waals surface area (Å²) < 4.78 is 10.6. The van der Waals surface area contributed by atoms with Crippen molar-refractivity contribution >= 4 is 84.2 Å². The third kappa shape index (κ3) is 6.25. The van der Waals surface area contributed by atoms with Crippen molar-refractivity contribution in [2.45, 2.75) is 6.67 Å². The summed E-state index contributed by atoms with van der Waals surface area (Å²) in [7, 11) is 0. The zero-order valence-electron chi connectivity index (χ0n) is 34.4. The number of hydrogen-bond acceptors (Lipinski definition) is 5. The largest absolute Gasteiger partial charge is 0.453 e. The number of para-hydroxylation sites is 2. The number of nitrogens with zero attached hydrogens (tertiary/aromatic N) is 8. The maximum Gasteiger partial charge on any atom is 0.161 e. The van der Waals surface area contributed by atoms with E-state index < -0.39 is 0 Å². The molecular formula is C55H36N8O. The molecule has 0 N–H and O–H groups in total. The molecule has 6 aromatic carbocycles. The van der Waals surface area contributed by atoms with Crippen LogP contribution < -0.4 is 0 Å². The summed E-state index contributed by atoms with van der Waals surface area (Å²) in [5.41, 5.74) is 14.0. The van der Waals surface area contributed by atoms with Gasteiger partial charge in [-0.15, -0.1) is 0 Å². The minimum absolute atomic E-state index is 0.361. The van der Waals surface area contributed by atoms with Crippen LogP contribution >= 0.6 is 0 Å². The van der Waals surface area contributed by atoms with Gasteiger partial charge in [0.2, 0.25) is 0 Å². The predicted molar refractivity (Wildman–Crippen MR) is 261 cm³/mol. The van der Waals surface area contributed by atoms with Gasteiger partial charge in [0, 0.05) is 50.6 Å². The fourth-order valence-electron chi connectivity index (χ4n) is 8.93. The lowest BCUT2D eigenvalue weighted by atomic mass is 10.0. The molecular weight excluding hydrogens is 789 g/mol. The molecule has 9 heteroatoms. The molecule has 0 saturated carbocycles. The molecule has 64 heavy (non-hydrogen) atoms. The first kappa shape index (κ1) is 37.0. The quantitative estimate of drug-likeness (QED) is 0.118. The van der Waals surface area contributed by atoms with Crippen molar-refractivity contribution in [3.63, 3.8) is 0 Å². The number of aliphatic imine (C=N–C) groups is 3. The minimum atomic E-state index is 0.361. The van der Waals surface area contributed by atoms with Gasteiger partial charge in [-0.2, -0.15) is 0 Å². The van der Waals surface area contributed by atoms with Gasteiger partial charge in [-0.05, 0) is 84.6 Å². The van der Waals surface area contributed by atoms with Gasteiger partial charge in [-0.3, -0.25) is 9.97 Å². The molecule has 0 amide bonds. The summed E-state index contributed by atoms with van der Waals surface area (Å²) in [6.45, 7) is 4.19. The topological polar surface area (TPSA) is 98.8 Å². The van der Waals surface area contributed by atoms with Crippen molar-refractivity contribution in [3.05, 3.63) is 206 Å². The highest BCUT2D eigenvalue weighted by atomic mass is 16.3. The molecule has 0 aliphatic heterocycles. The molecule has 12 rings (SSSR count). The van der Waals surface area contributed by atoms with Crippen molar-refractivity contribution < 1.29 is 4.42 Å². The minimum Gasteiger partial charge on any atom is -0.453 e. The van der Waals surface area contributed by atoms with Crippen LogP contribution in [0.2, 0.25) is 0 Å². The molecule has 0 radical (unpaired) electrons. The lowest BCUT2D eigenvalue weighted by Crippen LogP contribution is -2.07. The van der Waals surface area contributed by atoms with Crippen LogP contribution in [-0.2, 0) is 6.67 Å². The molecule has 302 valence electrons. The molecule has 6 heterocycles. The molecule has 0 bridgehead atoms. The Balaban J connectivity index is 0.937. The molecule has 0 aliphatic carbocycles. The third-order valence-corrected chi connectivity index (χ3v) is 11.9. The van der Waals surface area contributed by atoms with E-state index in [1.807, 2.05) is 97.3 Å². The van der Waals surface area contributed by atoms with E-state index in [1.54, 1.807) is 6.20 Å². The average Bonchev–Trinajstić information content (AvgIpc) is 4.01. The molecule has 0 unspecified atom stereocenters. The van der Waals surface area contributed by atoms with Crippen molar-refractivity contribution in [2.75, 3.05) is 0 Å². The Morgan fingerprint density at radius 1 is 0.531 bits per heavy atom. The first-order chi connectivity index (χ1) is 31.7. The predicted octanol–water partition coefficient (Wildman–Crippen LogP) is 12.9. The molecule has 0 saturated heterocycles. The van der Waals surface area contributed by atoms with E-state index >= 15 is 0 Å². The van der Waals surface area contributed by atoms with E-state index in [0.29, 0.717) is 23.9 Å². The number of rotatable bonds is 7. The Bertz CT molecular complexity index is 3840. The average molecular weight is 825 g/mol. The van der Waals surface area contributed by atoms with Crippen molar-refractivity contribution in [2.24, 2.45) is 15.0 Å². The fourth-order valence-corrected chi connectivity index (χ4v) is 8.93. The van der Waals surface area contributed by atoms with E-state index in [2.05, 4.69) is 117 Å². The summed E-state index contributed by atoms with van der Waals surface area (Å²) in [4.78, 5) is 28.7. The zero-order chi connectivity index (χ0) is 42.6. The maximum atomic E-state index is 6.00. The number of pyridine rings is 3. The highest BCUT2D eigenvalue weighted by Gasteiger charge is 2.18. The number of furan rings is 1. The highest BCUT2D eigenvalue weighted by Crippen LogP contribution is 2.38. The Hall–Kier alpha value is -8.82. The first-order valence-electron chi connectivity index (χ1n) is 21.0. The third-order valence-electron chi connectivity index (χ3n) is 11.9. The van der Waals surface area contributed by atoms with E-state index in [1.165, 1.54) is 0 Å². The van der Waals surface area contributed by atoms with Gasteiger partial charge in [0.25, 0.3) is 0 Å². The maximum absolute atomic E-state index is 6.00. The van der Waals surface area contributed by atoms with Gasteiger partial charge in [0.1, 0.15) is 17.7 Å². The van der Waals surface area contributed by atoms with Crippen LogP contribution in [0.25, 0.3) is 93.9 Å². The molecule has 0 aliphatic rings. The van der Waals surface area contributed by atoms with Gasteiger partial charge < -0.3 is 13.6 Å². The van der Waals surface area contributed by atoms with Crippen molar-refractivity contribution in [1.82, 2.24) is 24.1 Å². The Labute approximate surface area is 366 Å². The van der Waals surface area contributed by atoms with Crippen LogP contribution in [0.3, 0.4) is 0 Å². The highest BCUT2D eigenvalue weighted by molar-refractivity contribution is 6.14. The molecule has 12 aromatic rings. The van der Waals surface area contributed by atoms with Gasteiger partial charge in [0.15, 0.2) is 22.8 Å². The van der Waals surface area contributed by atoms with Crippen LogP contribution in [0.5, 0.6) is 0 Å². The van der Waals surface area contributed by atoms with Crippen LogP contribution in [0.4, 0.5) is 0 Å². The second kappa shape index (κ2) is 15.3. The van der Waals surface area contributed by atoms with Gasteiger partial charge >= 0.3 is 0 Å². The van der Waals surface area contributed by atoms with Crippen LogP contribution in [0.1, 0.15) is 11.1 Å². The lowest BCUT2D eigenvalue weighted by molar-refractivity contribution is 0.667. The van der Waals surface area contributed by atoms with Crippen LogP contribution in [-0.4, -0.2) is 42.5 Å². The van der Waals surface area contributed by atoms with E-state index in [4.69, 9.17) is 24.4 Å². The number of benzene rings is 6. The number of hydrogen-bond donors (Lipinski definition) is 0. The first-order valence-corrected chi connectivity index (χ1v) is 21.0. The molecule has 0 spiro atoms. The normalized spacial score (nSPS) is 12.4. The molecule has 0 atom stereocenters. The van der Waals surface area contributed by atoms with Crippen molar-refractivity contribution in [3.8, 4) is 28.1 Å². The summed E-state index contributed by atoms with van der Waals surface area (Å²) in [6.07, 6.45) is 5.54. The second-order valence-electron chi connectivity index (χ2n) is 15.6. The Kier molecular flexibility index (Phi) is 8.82. The summed E-state index contributed by atoms with van der Waals surface area (Å²) in [6, 6.07) is 60.3. The van der Waals surface area contributed by atoms with Crippen LogP contribution in [0, 0.1) is 0 Å². The number of aromatic nitrogens is 5. The van der Waals surface area contributed by atoms with E-state index in [-0.39, 0.29) is 0 Å². The van der Waals surface area contributed by atoms with Crippen LogP contribution in [0.15, 0.2) is 214 Å². The molecule has 9 nitrogen and oxygen atoms in total. The monoisotopic (exact) mass is 824 g/mol. The smallest absolute Gasteiger partial charge is 0.161 e. The SMILES string of the molecule is C=NC(=N/C(=N\Cn1c2ccccc2c2cc(-c3ccc4c(c3)c3ccccc3n4-c3cncc(-c4ccc5oc6cccnc6c5n4)c3)ccc21)c1ccccc1)c1ccccc1. The standard InChI is InChI=1S/C55H36N8O/c1-56-54(35-13-4-2-5-14-35)61-55(36-15-6-3-7-16-36)59-34-62-46-19-10-8-17-41(46)43-30-37(22-25-47(43)62)38-23-26-49-44(31-38)42-18-9-11-20-48(42)63(49)40-29-39(32-57-33-40)45-24-27-51-53(60-45)52-50(64-51)21-12-28-58-52/h2-33H,1,34H2/b59-55-,61-54?. The Morgan fingerprint density at radius 2 is 1.16 bits per heavy atom. The van der Waals surface area contributed by atoms with E-state index in [0.717, 1.165) is 99.4 Å². The lowest BCUT2D eigenvalue weighted by Gasteiger charge is -2.10. The van der Waals surface area contributed by atoms with Gasteiger partial charge in [-0.1, -0.05) is 109 Å². The van der Waals surface area contributed by atoms with E-state index in [9.17, 15) is 0 Å². The number of fused-ring (bicyclic) bond motifs is 9. The van der Waals surface area contributed by atoms with Gasteiger partial charge in [0.05, 0.1) is 39.6 Å². The zero-order valence-corrected chi connectivity index (χ0v) is 34.4. The summed E-state index contributed by atoms with van der Waals surface area (Å²) in [5.74, 6) is 1.11. The number of amidine groups is 2. The summed E-state index contributed by atoms with van der Waals surface area (Å²) in [5, 5.41) is 4.63. The summed E-state index contributed by atoms with van der Waals surface area (Å²) >= 11 is 0. The Morgan fingerprint density at radius 3 is 1.92 bits per heavy atom. The van der Waals surface area contributed by atoms with Gasteiger partial charge in [-0.25, -0.2) is 20.0 Å². The fraction of sp³-hybridized carbons (Fsp3) is 0.0182. The molecule has 6 aromatic heterocycles. The molecule has 0 fully saturated rings.